The number of ketones is 2. The van der Waals surface area contributed by atoms with E-state index in [-0.39, 0.29) is 23.1 Å². The van der Waals surface area contributed by atoms with Crippen LogP contribution in [0.5, 0.6) is 11.5 Å². The third-order valence-corrected chi connectivity index (χ3v) is 4.80. The first-order chi connectivity index (χ1) is 14.4. The molecule has 2 N–H and O–H groups in total. The van der Waals surface area contributed by atoms with Crippen molar-refractivity contribution in [2.45, 2.75) is 12.8 Å². The van der Waals surface area contributed by atoms with Crippen molar-refractivity contribution in [1.29, 1.82) is 0 Å². The monoisotopic (exact) mass is 398 g/mol. The second kappa shape index (κ2) is 9.05. The van der Waals surface area contributed by atoms with Crippen molar-refractivity contribution in [1.82, 2.24) is 0 Å². The smallest absolute Gasteiger partial charge is 0.193 e. The van der Waals surface area contributed by atoms with Crippen molar-refractivity contribution in [3.63, 3.8) is 0 Å². The zero-order valence-corrected chi connectivity index (χ0v) is 16.5. The van der Waals surface area contributed by atoms with Crippen LogP contribution in [0, 0.1) is 0 Å². The van der Waals surface area contributed by atoms with E-state index in [0.29, 0.717) is 46.2 Å². The molecule has 0 atom stereocenters. The van der Waals surface area contributed by atoms with E-state index in [1.165, 1.54) is 12.1 Å². The quantitative estimate of drug-likeness (QED) is 0.413. The van der Waals surface area contributed by atoms with Crippen molar-refractivity contribution < 1.29 is 19.8 Å². The van der Waals surface area contributed by atoms with Gasteiger partial charge in [-0.15, -0.1) is 13.2 Å². The Balaban J connectivity index is 1.93. The van der Waals surface area contributed by atoms with Crippen molar-refractivity contribution in [3.8, 4) is 11.5 Å². The number of benzene rings is 3. The Labute approximate surface area is 175 Å². The molecule has 3 aromatic rings. The van der Waals surface area contributed by atoms with Crippen LogP contribution < -0.4 is 0 Å². The van der Waals surface area contributed by atoms with Gasteiger partial charge in [-0.3, -0.25) is 9.59 Å². The van der Waals surface area contributed by atoms with Crippen LogP contribution in [0.2, 0.25) is 0 Å². The second-order valence-electron chi connectivity index (χ2n) is 6.91. The van der Waals surface area contributed by atoms with Crippen LogP contribution in [0.15, 0.2) is 86.0 Å². The summed E-state index contributed by atoms with van der Waals surface area (Å²) in [7, 11) is 0. The summed E-state index contributed by atoms with van der Waals surface area (Å²) in [6.45, 7) is 7.32. The minimum Gasteiger partial charge on any atom is -0.508 e. The number of hydrogen-bond donors (Lipinski definition) is 2. The fourth-order valence-corrected chi connectivity index (χ4v) is 3.23. The topological polar surface area (TPSA) is 74.6 Å². The van der Waals surface area contributed by atoms with Gasteiger partial charge >= 0.3 is 0 Å². The lowest BCUT2D eigenvalue weighted by Gasteiger charge is -2.09. The Kier molecular flexibility index (Phi) is 6.28. The normalized spacial score (nSPS) is 10.4. The van der Waals surface area contributed by atoms with Crippen molar-refractivity contribution in [2.75, 3.05) is 0 Å². The standard InChI is InChI=1S/C26H22O4/c1-3-6-17-14-21(10-12-23(17)27)25(29)19-8-5-9-20(16-19)26(30)22-11-13-24(28)18(15-22)7-4-2/h3-5,8-16,27-28H,1-2,6-7H2. The highest BCUT2D eigenvalue weighted by atomic mass is 16.3. The Morgan fingerprint density at radius 3 is 1.47 bits per heavy atom. The maximum Gasteiger partial charge on any atom is 0.193 e. The molecule has 4 nitrogen and oxygen atoms in total. The highest BCUT2D eigenvalue weighted by Crippen LogP contribution is 2.24. The highest BCUT2D eigenvalue weighted by Gasteiger charge is 2.16. The van der Waals surface area contributed by atoms with Crippen LogP contribution in [-0.4, -0.2) is 21.8 Å². The lowest BCUT2D eigenvalue weighted by molar-refractivity contribution is 0.103. The fourth-order valence-electron chi connectivity index (χ4n) is 3.23. The minimum atomic E-state index is -0.243. The molecular formula is C26H22O4. The molecule has 30 heavy (non-hydrogen) atoms. The van der Waals surface area contributed by atoms with Crippen LogP contribution in [0.1, 0.15) is 43.0 Å². The first-order valence-electron chi connectivity index (χ1n) is 9.49. The van der Waals surface area contributed by atoms with E-state index in [2.05, 4.69) is 13.2 Å². The number of phenolic OH excluding ortho intramolecular Hbond substituents is 2. The van der Waals surface area contributed by atoms with Gasteiger partial charge in [-0.1, -0.05) is 30.4 Å². The average Bonchev–Trinajstić information content (AvgIpc) is 2.76. The largest absolute Gasteiger partial charge is 0.508 e. The Hall–Kier alpha value is -3.92. The molecule has 3 aromatic carbocycles. The van der Waals surface area contributed by atoms with Gasteiger partial charge in [0.25, 0.3) is 0 Å². The van der Waals surface area contributed by atoms with Gasteiger partial charge in [0.15, 0.2) is 11.6 Å². The molecule has 4 heteroatoms. The number of carbonyl (C=O) groups excluding carboxylic acids is 2. The highest BCUT2D eigenvalue weighted by molar-refractivity contribution is 6.13. The van der Waals surface area contributed by atoms with Gasteiger partial charge in [0.05, 0.1) is 0 Å². The Bertz CT molecular complexity index is 1050. The van der Waals surface area contributed by atoms with E-state index < -0.39 is 0 Å². The van der Waals surface area contributed by atoms with E-state index in [9.17, 15) is 19.8 Å². The van der Waals surface area contributed by atoms with Gasteiger partial charge in [0, 0.05) is 22.3 Å². The van der Waals surface area contributed by atoms with Gasteiger partial charge in [-0.25, -0.2) is 0 Å². The van der Waals surface area contributed by atoms with Crippen molar-refractivity contribution in [2.24, 2.45) is 0 Å². The number of allylic oxidation sites excluding steroid dienone is 2. The average molecular weight is 398 g/mol. The van der Waals surface area contributed by atoms with Crippen molar-refractivity contribution in [3.05, 3.63) is 119 Å². The summed E-state index contributed by atoms with van der Waals surface area (Å²) in [6, 6.07) is 15.9. The van der Waals surface area contributed by atoms with E-state index >= 15 is 0 Å². The summed E-state index contributed by atoms with van der Waals surface area (Å²) in [5.41, 5.74) is 2.82. The molecule has 0 spiro atoms. The molecule has 0 aliphatic heterocycles. The Morgan fingerprint density at radius 2 is 1.07 bits per heavy atom. The molecule has 0 radical (unpaired) electrons. The van der Waals surface area contributed by atoms with E-state index in [1.807, 2.05) is 0 Å². The predicted octanol–water partition coefficient (Wildman–Crippen LogP) is 5.02. The molecule has 0 saturated heterocycles. The number of aromatic hydroxyl groups is 2. The van der Waals surface area contributed by atoms with Crippen LogP contribution in [0.25, 0.3) is 0 Å². The number of hydrogen-bond acceptors (Lipinski definition) is 4. The molecule has 0 aromatic heterocycles. The molecule has 0 heterocycles. The Morgan fingerprint density at radius 1 is 0.667 bits per heavy atom. The summed E-state index contributed by atoms with van der Waals surface area (Å²) in [6.07, 6.45) is 4.19. The zero-order valence-electron chi connectivity index (χ0n) is 16.5. The maximum atomic E-state index is 12.9. The third-order valence-electron chi connectivity index (χ3n) is 4.80. The van der Waals surface area contributed by atoms with Gasteiger partial charge in [0.1, 0.15) is 11.5 Å². The molecule has 0 amide bonds. The van der Waals surface area contributed by atoms with Gasteiger partial charge < -0.3 is 10.2 Å². The van der Waals surface area contributed by atoms with E-state index in [1.54, 1.807) is 60.7 Å². The predicted molar refractivity (Wildman–Crippen MR) is 117 cm³/mol. The summed E-state index contributed by atoms with van der Waals surface area (Å²) < 4.78 is 0. The van der Waals surface area contributed by atoms with Crippen LogP contribution in [0.3, 0.4) is 0 Å². The van der Waals surface area contributed by atoms with Crippen molar-refractivity contribution >= 4 is 11.6 Å². The molecule has 0 fully saturated rings. The summed E-state index contributed by atoms with van der Waals surface area (Å²) in [4.78, 5) is 25.9. The first kappa shape index (κ1) is 20.8. The van der Waals surface area contributed by atoms with Crippen LogP contribution >= 0.6 is 0 Å². The van der Waals surface area contributed by atoms with Gasteiger partial charge in [0.2, 0.25) is 0 Å². The zero-order chi connectivity index (χ0) is 21.7. The van der Waals surface area contributed by atoms with Gasteiger partial charge in [-0.05, 0) is 66.4 Å². The maximum absolute atomic E-state index is 12.9. The van der Waals surface area contributed by atoms with Gasteiger partial charge in [-0.2, -0.15) is 0 Å². The first-order valence-corrected chi connectivity index (χ1v) is 9.49. The molecule has 0 bridgehead atoms. The molecular weight excluding hydrogens is 376 g/mol. The molecule has 0 aliphatic carbocycles. The number of carbonyl (C=O) groups is 2. The second-order valence-corrected chi connectivity index (χ2v) is 6.91. The summed E-state index contributed by atoms with van der Waals surface area (Å²) in [5.74, 6) is -0.267. The summed E-state index contributed by atoms with van der Waals surface area (Å²) >= 11 is 0. The summed E-state index contributed by atoms with van der Waals surface area (Å²) in [5, 5.41) is 19.8. The SMILES string of the molecule is C=CCc1cc(C(=O)c2cccc(C(=O)c3ccc(O)c(CC=C)c3)c2)ccc1O. The minimum absolute atomic E-state index is 0.109. The van der Waals surface area contributed by atoms with Crippen LogP contribution in [0.4, 0.5) is 0 Å². The van der Waals surface area contributed by atoms with E-state index in [0.717, 1.165) is 0 Å². The third kappa shape index (κ3) is 4.39. The molecule has 0 saturated carbocycles. The fraction of sp³-hybridized carbons (Fsp3) is 0.0769. The lowest BCUT2D eigenvalue weighted by atomic mass is 9.95. The molecule has 0 unspecified atom stereocenters. The lowest BCUT2D eigenvalue weighted by Crippen LogP contribution is -2.06. The number of phenols is 2. The van der Waals surface area contributed by atoms with Crippen LogP contribution in [-0.2, 0) is 12.8 Å². The molecule has 3 rings (SSSR count). The number of rotatable bonds is 8. The molecule has 0 aliphatic rings. The molecule has 150 valence electrons. The van der Waals surface area contributed by atoms with E-state index in [4.69, 9.17) is 0 Å².